The summed E-state index contributed by atoms with van der Waals surface area (Å²) in [6, 6.07) is 7.71. The smallest absolute Gasteiger partial charge is 0.247 e. The zero-order valence-electron chi connectivity index (χ0n) is 9.85. The molecule has 1 aromatic rings. The lowest BCUT2D eigenvalue weighted by molar-refractivity contribution is -0.124. The zero-order chi connectivity index (χ0) is 12.3. The third-order valence-corrected chi connectivity index (χ3v) is 2.83. The summed E-state index contributed by atoms with van der Waals surface area (Å²) >= 11 is 0. The molecule has 1 heterocycles. The summed E-state index contributed by atoms with van der Waals surface area (Å²) in [6.45, 7) is 1.74. The van der Waals surface area contributed by atoms with Crippen molar-refractivity contribution in [3.63, 3.8) is 0 Å². The Hall–Kier alpha value is -1.81. The molecule has 0 bridgehead atoms. The van der Waals surface area contributed by atoms with Gasteiger partial charge in [-0.3, -0.25) is 4.79 Å². The van der Waals surface area contributed by atoms with E-state index in [1.54, 1.807) is 18.1 Å². The molecule has 4 heteroatoms. The van der Waals surface area contributed by atoms with Crippen molar-refractivity contribution >= 4 is 11.5 Å². The van der Waals surface area contributed by atoms with Gasteiger partial charge < -0.3 is 15.4 Å². The van der Waals surface area contributed by atoms with Crippen LogP contribution in [0, 0.1) is 0 Å². The predicted octanol–water partition coefficient (Wildman–Crippen LogP) is 0.879. The molecule has 0 aromatic heterocycles. The first-order valence-electron chi connectivity index (χ1n) is 5.58. The minimum absolute atomic E-state index is 0.0428. The van der Waals surface area contributed by atoms with E-state index in [-0.39, 0.29) is 5.91 Å². The summed E-state index contributed by atoms with van der Waals surface area (Å²) in [5.74, 6) is 0.860. The lowest BCUT2D eigenvalue weighted by Crippen LogP contribution is -2.31. The van der Waals surface area contributed by atoms with Gasteiger partial charge in [-0.25, -0.2) is 0 Å². The van der Waals surface area contributed by atoms with Crippen LogP contribution < -0.4 is 10.5 Å². The van der Waals surface area contributed by atoms with Crippen LogP contribution in [0.2, 0.25) is 0 Å². The third kappa shape index (κ3) is 2.47. The topological polar surface area (TPSA) is 55.6 Å². The molecule has 0 fully saturated rings. The third-order valence-electron chi connectivity index (χ3n) is 2.83. The van der Waals surface area contributed by atoms with Crippen LogP contribution in [0.25, 0.3) is 5.57 Å². The number of ether oxygens (including phenoxy) is 1. The number of benzene rings is 1. The first-order chi connectivity index (χ1) is 8.24. The number of amides is 1. The second-order valence-corrected chi connectivity index (χ2v) is 3.95. The quantitative estimate of drug-likeness (QED) is 0.838. The van der Waals surface area contributed by atoms with Crippen LogP contribution in [0.1, 0.15) is 5.56 Å². The van der Waals surface area contributed by atoms with Crippen molar-refractivity contribution in [2.45, 2.75) is 0 Å². The fourth-order valence-electron chi connectivity index (χ4n) is 1.89. The SMILES string of the molecule is COc1ccc(C2=CC(=O)N(CCN)C2)cc1. The molecule has 90 valence electrons. The van der Waals surface area contributed by atoms with Crippen molar-refractivity contribution in [1.29, 1.82) is 0 Å². The highest BCUT2D eigenvalue weighted by atomic mass is 16.5. The number of hydrogen-bond donors (Lipinski definition) is 1. The number of nitrogens with zero attached hydrogens (tertiary/aromatic N) is 1. The van der Waals surface area contributed by atoms with E-state index in [4.69, 9.17) is 10.5 Å². The van der Waals surface area contributed by atoms with Crippen LogP contribution in [-0.4, -0.2) is 37.6 Å². The van der Waals surface area contributed by atoms with Gasteiger partial charge in [-0.2, -0.15) is 0 Å². The average Bonchev–Trinajstić information content (AvgIpc) is 2.72. The Morgan fingerprint density at radius 3 is 2.65 bits per heavy atom. The molecule has 0 saturated heterocycles. The Balaban J connectivity index is 2.13. The van der Waals surface area contributed by atoms with E-state index < -0.39 is 0 Å². The normalized spacial score (nSPS) is 15.1. The highest BCUT2D eigenvalue weighted by Crippen LogP contribution is 2.23. The lowest BCUT2D eigenvalue weighted by atomic mass is 10.1. The Morgan fingerprint density at radius 2 is 2.06 bits per heavy atom. The van der Waals surface area contributed by atoms with Crippen molar-refractivity contribution in [3.8, 4) is 5.75 Å². The first kappa shape index (κ1) is 11.7. The van der Waals surface area contributed by atoms with E-state index >= 15 is 0 Å². The maximum atomic E-state index is 11.6. The number of carbonyl (C=O) groups excluding carboxylic acids is 1. The van der Waals surface area contributed by atoms with Crippen molar-refractivity contribution in [2.24, 2.45) is 5.73 Å². The Kier molecular flexibility index (Phi) is 3.44. The van der Waals surface area contributed by atoms with Gasteiger partial charge in [-0.05, 0) is 23.3 Å². The Bertz CT molecular complexity index is 437. The van der Waals surface area contributed by atoms with Crippen LogP contribution in [0.3, 0.4) is 0 Å². The van der Waals surface area contributed by atoms with Crippen molar-refractivity contribution in [3.05, 3.63) is 35.9 Å². The average molecular weight is 232 g/mol. The van der Waals surface area contributed by atoms with Crippen molar-refractivity contribution in [2.75, 3.05) is 26.7 Å². The summed E-state index contributed by atoms with van der Waals surface area (Å²) in [7, 11) is 1.64. The molecule has 2 N–H and O–H groups in total. The summed E-state index contributed by atoms with van der Waals surface area (Å²) in [6.07, 6.45) is 1.68. The van der Waals surface area contributed by atoms with Gasteiger partial charge in [0.1, 0.15) is 5.75 Å². The van der Waals surface area contributed by atoms with Gasteiger partial charge in [-0.15, -0.1) is 0 Å². The monoisotopic (exact) mass is 232 g/mol. The highest BCUT2D eigenvalue weighted by molar-refractivity contribution is 6.00. The number of nitrogens with two attached hydrogens (primary N) is 1. The van der Waals surface area contributed by atoms with Crippen molar-refractivity contribution in [1.82, 2.24) is 4.90 Å². The lowest BCUT2D eigenvalue weighted by Gasteiger charge is -2.15. The van der Waals surface area contributed by atoms with E-state index in [0.717, 1.165) is 16.9 Å². The van der Waals surface area contributed by atoms with Crippen LogP contribution in [0.4, 0.5) is 0 Å². The first-order valence-corrected chi connectivity index (χ1v) is 5.58. The molecular formula is C13H16N2O2. The number of methoxy groups -OCH3 is 1. The van der Waals surface area contributed by atoms with Gasteiger partial charge >= 0.3 is 0 Å². The minimum atomic E-state index is 0.0428. The Morgan fingerprint density at radius 1 is 1.35 bits per heavy atom. The summed E-state index contributed by atoms with van der Waals surface area (Å²) < 4.78 is 5.10. The number of rotatable bonds is 4. The van der Waals surface area contributed by atoms with E-state index in [1.807, 2.05) is 24.3 Å². The van der Waals surface area contributed by atoms with Gasteiger partial charge in [0.05, 0.1) is 7.11 Å². The van der Waals surface area contributed by atoms with E-state index in [0.29, 0.717) is 19.6 Å². The molecule has 0 unspecified atom stereocenters. The molecule has 0 saturated carbocycles. The number of carbonyl (C=O) groups is 1. The highest BCUT2D eigenvalue weighted by Gasteiger charge is 2.21. The molecule has 2 rings (SSSR count). The standard InChI is InChI=1S/C13H16N2O2/c1-17-12-4-2-10(3-5-12)11-8-13(16)15(9-11)7-6-14/h2-5,8H,6-7,9,14H2,1H3. The molecule has 0 atom stereocenters. The van der Waals surface area contributed by atoms with E-state index in [9.17, 15) is 4.79 Å². The molecule has 0 aliphatic carbocycles. The minimum Gasteiger partial charge on any atom is -0.497 e. The largest absolute Gasteiger partial charge is 0.497 e. The summed E-state index contributed by atoms with van der Waals surface area (Å²) in [5, 5.41) is 0. The predicted molar refractivity (Wildman–Crippen MR) is 66.6 cm³/mol. The van der Waals surface area contributed by atoms with Crippen LogP contribution in [-0.2, 0) is 4.79 Å². The molecule has 1 aromatic carbocycles. The Labute approximate surface area is 101 Å². The number of hydrogen-bond acceptors (Lipinski definition) is 3. The van der Waals surface area contributed by atoms with Gasteiger partial charge in [-0.1, -0.05) is 12.1 Å². The summed E-state index contributed by atoms with van der Waals surface area (Å²) in [4.78, 5) is 13.4. The maximum absolute atomic E-state index is 11.6. The van der Waals surface area contributed by atoms with Gasteiger partial charge in [0.15, 0.2) is 0 Å². The van der Waals surface area contributed by atoms with Crippen LogP contribution in [0.15, 0.2) is 30.3 Å². The fourth-order valence-corrected chi connectivity index (χ4v) is 1.89. The van der Waals surface area contributed by atoms with E-state index in [2.05, 4.69) is 0 Å². The van der Waals surface area contributed by atoms with E-state index in [1.165, 1.54) is 0 Å². The second kappa shape index (κ2) is 5.01. The van der Waals surface area contributed by atoms with Crippen molar-refractivity contribution < 1.29 is 9.53 Å². The molecule has 1 aliphatic heterocycles. The van der Waals surface area contributed by atoms with Crippen LogP contribution >= 0.6 is 0 Å². The fraction of sp³-hybridized carbons (Fsp3) is 0.308. The molecule has 0 spiro atoms. The molecular weight excluding hydrogens is 216 g/mol. The maximum Gasteiger partial charge on any atom is 0.247 e. The van der Waals surface area contributed by atoms with Crippen LogP contribution in [0.5, 0.6) is 5.75 Å². The molecule has 0 radical (unpaired) electrons. The summed E-state index contributed by atoms with van der Waals surface area (Å²) in [5.41, 5.74) is 7.55. The molecule has 1 aliphatic rings. The van der Waals surface area contributed by atoms with Gasteiger partial charge in [0, 0.05) is 25.7 Å². The van der Waals surface area contributed by atoms with Gasteiger partial charge in [0.2, 0.25) is 5.91 Å². The molecule has 1 amide bonds. The zero-order valence-corrected chi connectivity index (χ0v) is 9.85. The molecule has 17 heavy (non-hydrogen) atoms. The van der Waals surface area contributed by atoms with Gasteiger partial charge in [0.25, 0.3) is 0 Å². The molecule has 4 nitrogen and oxygen atoms in total. The second-order valence-electron chi connectivity index (χ2n) is 3.95.